The average Bonchev–Trinajstić information content (AvgIpc) is 2.85. The number of ether oxygens (including phenoxy) is 2. The highest BCUT2D eigenvalue weighted by molar-refractivity contribution is 6.04. The summed E-state index contributed by atoms with van der Waals surface area (Å²) in [7, 11) is 0. The first-order valence-corrected chi connectivity index (χ1v) is 10.6. The summed E-state index contributed by atoms with van der Waals surface area (Å²) in [5.41, 5.74) is -2.22. The second-order valence-electron chi connectivity index (χ2n) is 10.4. The summed E-state index contributed by atoms with van der Waals surface area (Å²) in [6.45, 7) is 7.32. The normalized spacial score (nSPS) is 55.4. The van der Waals surface area contributed by atoms with E-state index in [0.717, 1.165) is 6.42 Å². The zero-order valence-electron chi connectivity index (χ0n) is 17.0. The Morgan fingerprint density at radius 3 is 2.72 bits per heavy atom. The molecule has 4 aliphatic carbocycles. The maximum Gasteiger partial charge on any atom is 0.302 e. The average molecular weight is 406 g/mol. The van der Waals surface area contributed by atoms with Crippen LogP contribution < -0.4 is 0 Å². The van der Waals surface area contributed by atoms with Gasteiger partial charge in [0.1, 0.15) is 12.2 Å². The number of carbonyl (C=O) groups is 2. The Bertz CT molecular complexity index is 809. The van der Waals surface area contributed by atoms with Crippen molar-refractivity contribution >= 4 is 11.8 Å². The quantitative estimate of drug-likeness (QED) is 0.462. The van der Waals surface area contributed by atoms with Crippen molar-refractivity contribution in [1.82, 2.24) is 0 Å². The largest absolute Gasteiger partial charge is 0.462 e. The first-order chi connectivity index (χ1) is 13.6. The van der Waals surface area contributed by atoms with Gasteiger partial charge < -0.3 is 24.8 Å². The molecule has 6 fully saturated rings. The van der Waals surface area contributed by atoms with Crippen molar-refractivity contribution in [1.29, 1.82) is 0 Å². The number of aliphatic hydroxyl groups is 3. The highest BCUT2D eigenvalue weighted by atomic mass is 16.6. The van der Waals surface area contributed by atoms with Crippen molar-refractivity contribution in [3.63, 3.8) is 0 Å². The van der Waals surface area contributed by atoms with E-state index in [2.05, 4.69) is 6.58 Å². The Morgan fingerprint density at radius 1 is 1.34 bits per heavy atom. The lowest BCUT2D eigenvalue weighted by Gasteiger charge is -2.74. The van der Waals surface area contributed by atoms with E-state index >= 15 is 0 Å². The second kappa shape index (κ2) is 5.69. The molecular weight excluding hydrogens is 376 g/mol. The molecule has 2 spiro atoms. The van der Waals surface area contributed by atoms with Gasteiger partial charge in [-0.1, -0.05) is 19.9 Å². The molecule has 2 saturated heterocycles. The molecule has 0 aromatic heterocycles. The Hall–Kier alpha value is -1.28. The van der Waals surface area contributed by atoms with E-state index in [-0.39, 0.29) is 24.9 Å². The number of carbonyl (C=O) groups excluding carboxylic acids is 2. The fourth-order valence-electron chi connectivity index (χ4n) is 8.27. The number of rotatable bonds is 2. The number of hydrogen-bond acceptors (Lipinski definition) is 7. The molecule has 7 heteroatoms. The van der Waals surface area contributed by atoms with Gasteiger partial charge in [-0.15, -0.1) is 0 Å². The van der Waals surface area contributed by atoms with E-state index in [9.17, 15) is 24.9 Å². The summed E-state index contributed by atoms with van der Waals surface area (Å²) >= 11 is 0. The van der Waals surface area contributed by atoms with Gasteiger partial charge in [-0.05, 0) is 42.6 Å². The van der Waals surface area contributed by atoms with Crippen LogP contribution in [0.2, 0.25) is 0 Å². The molecule has 160 valence electrons. The highest BCUT2D eigenvalue weighted by Crippen LogP contribution is 2.76. The maximum atomic E-state index is 13.6. The first-order valence-electron chi connectivity index (χ1n) is 10.6. The van der Waals surface area contributed by atoms with E-state index in [4.69, 9.17) is 9.47 Å². The second-order valence-corrected chi connectivity index (χ2v) is 10.4. The summed E-state index contributed by atoms with van der Waals surface area (Å²) in [6, 6.07) is 0. The zero-order valence-corrected chi connectivity index (χ0v) is 17.0. The SMILES string of the molecule is C=C1C(=O)C23CC1CC(OC(C)=O)C2C12CCCC(C)(CO)C1C(O)C3(O)OC2. The van der Waals surface area contributed by atoms with E-state index in [1.54, 1.807) is 0 Å². The number of Topliss-reactive ketones (excluding diaryl/α,β-unsaturated/α-hetero) is 1. The van der Waals surface area contributed by atoms with Crippen LogP contribution >= 0.6 is 0 Å². The van der Waals surface area contributed by atoms with Crippen LogP contribution in [0.3, 0.4) is 0 Å². The molecule has 9 unspecified atom stereocenters. The van der Waals surface area contributed by atoms with Crippen LogP contribution in [0, 0.1) is 34.0 Å². The molecule has 4 bridgehead atoms. The van der Waals surface area contributed by atoms with Crippen LogP contribution in [0.4, 0.5) is 0 Å². The molecule has 0 radical (unpaired) electrons. The number of hydrogen-bond donors (Lipinski definition) is 3. The maximum absolute atomic E-state index is 13.6. The van der Waals surface area contributed by atoms with E-state index in [1.165, 1.54) is 6.92 Å². The smallest absolute Gasteiger partial charge is 0.302 e. The van der Waals surface area contributed by atoms with Crippen molar-refractivity contribution in [3.8, 4) is 0 Å². The minimum atomic E-state index is -2.08. The summed E-state index contributed by atoms with van der Waals surface area (Å²) in [5, 5.41) is 33.5. The van der Waals surface area contributed by atoms with Gasteiger partial charge in [-0.2, -0.15) is 0 Å². The Morgan fingerprint density at radius 2 is 2.07 bits per heavy atom. The predicted octanol–water partition coefficient (Wildman–Crippen LogP) is 0.948. The molecule has 6 aliphatic rings. The van der Waals surface area contributed by atoms with Crippen LogP contribution in [0.1, 0.15) is 46.0 Å². The minimum absolute atomic E-state index is 0.131. The topological polar surface area (TPSA) is 113 Å². The summed E-state index contributed by atoms with van der Waals surface area (Å²) in [4.78, 5) is 25.5. The molecule has 0 aromatic carbocycles. The Labute approximate surface area is 170 Å². The van der Waals surface area contributed by atoms with Gasteiger partial charge in [-0.3, -0.25) is 9.59 Å². The van der Waals surface area contributed by atoms with Gasteiger partial charge >= 0.3 is 5.97 Å². The Balaban J connectivity index is 1.76. The van der Waals surface area contributed by atoms with Crippen LogP contribution in [0.25, 0.3) is 0 Å². The third-order valence-electron chi connectivity index (χ3n) is 9.15. The fraction of sp³-hybridized carbons (Fsp3) is 0.818. The number of esters is 1. The van der Waals surface area contributed by atoms with Crippen LogP contribution in [-0.4, -0.2) is 58.3 Å². The lowest BCUT2D eigenvalue weighted by molar-refractivity contribution is -0.446. The highest BCUT2D eigenvalue weighted by Gasteiger charge is 2.85. The van der Waals surface area contributed by atoms with Crippen LogP contribution in [0.5, 0.6) is 0 Å². The van der Waals surface area contributed by atoms with Crippen molar-refractivity contribution in [2.75, 3.05) is 13.2 Å². The first kappa shape index (κ1) is 19.7. The van der Waals surface area contributed by atoms with Crippen molar-refractivity contribution in [2.45, 2.75) is 63.9 Å². The molecule has 29 heavy (non-hydrogen) atoms. The molecule has 2 aliphatic heterocycles. The van der Waals surface area contributed by atoms with Crippen LogP contribution in [0.15, 0.2) is 12.2 Å². The van der Waals surface area contributed by atoms with Gasteiger partial charge in [-0.25, -0.2) is 0 Å². The van der Waals surface area contributed by atoms with Gasteiger partial charge in [0.05, 0.1) is 12.0 Å². The van der Waals surface area contributed by atoms with Crippen molar-refractivity contribution < 1.29 is 34.4 Å². The summed E-state index contributed by atoms with van der Waals surface area (Å²) < 4.78 is 11.7. The van der Waals surface area contributed by atoms with Gasteiger partial charge in [0.25, 0.3) is 0 Å². The van der Waals surface area contributed by atoms with Gasteiger partial charge in [0.2, 0.25) is 5.79 Å². The molecule has 0 aromatic rings. The molecule has 4 saturated carbocycles. The molecule has 7 nitrogen and oxygen atoms in total. The van der Waals surface area contributed by atoms with E-state index < -0.39 is 52.0 Å². The van der Waals surface area contributed by atoms with E-state index in [1.807, 2.05) is 6.92 Å². The van der Waals surface area contributed by atoms with Crippen molar-refractivity contribution in [3.05, 3.63) is 12.2 Å². The minimum Gasteiger partial charge on any atom is -0.462 e. The van der Waals surface area contributed by atoms with E-state index in [0.29, 0.717) is 31.3 Å². The monoisotopic (exact) mass is 406 g/mol. The van der Waals surface area contributed by atoms with Crippen molar-refractivity contribution in [2.24, 2.45) is 34.0 Å². The fourth-order valence-corrected chi connectivity index (χ4v) is 8.27. The number of fused-ring (bicyclic) bond motifs is 2. The lowest BCUT2D eigenvalue weighted by atomic mass is 9.36. The molecule has 3 N–H and O–H groups in total. The third kappa shape index (κ3) is 1.98. The predicted molar refractivity (Wildman–Crippen MR) is 100 cm³/mol. The standard InChI is InChI=1S/C22H30O7/c1-11-13-7-14(29-12(2)24)15-20-6-4-5-19(3,9-23)16(20)18(26)22(27,28-10-20)21(15,8-13)17(11)25/h13-16,18,23,26-27H,1,4-10H2,2-3H3. The number of aliphatic hydroxyl groups excluding tert-OH is 2. The molecular formula is C22H30O7. The molecule has 6 rings (SSSR count). The third-order valence-corrected chi connectivity index (χ3v) is 9.15. The molecule has 9 atom stereocenters. The zero-order chi connectivity index (χ0) is 21.0. The number of allylic oxidation sites excluding steroid dienone is 1. The number of ketones is 1. The molecule has 2 heterocycles. The van der Waals surface area contributed by atoms with Crippen LogP contribution in [-0.2, 0) is 19.1 Å². The van der Waals surface area contributed by atoms with Gasteiger partial charge in [0.15, 0.2) is 5.78 Å². The lowest BCUT2D eigenvalue weighted by Crippen LogP contribution is -2.83. The summed E-state index contributed by atoms with van der Waals surface area (Å²) in [6.07, 6.45) is 1.19. The summed E-state index contributed by atoms with van der Waals surface area (Å²) in [5.74, 6) is -3.90. The molecule has 0 amide bonds. The Kier molecular flexibility index (Phi) is 3.86. The van der Waals surface area contributed by atoms with Gasteiger partial charge in [0, 0.05) is 30.8 Å².